The molecule has 1 aromatic carbocycles. The third-order valence-electron chi connectivity index (χ3n) is 2.79. The molecule has 0 spiro atoms. The van der Waals surface area contributed by atoms with E-state index >= 15 is 0 Å². The summed E-state index contributed by atoms with van der Waals surface area (Å²) in [6.07, 6.45) is 0. The van der Waals surface area contributed by atoms with Crippen molar-refractivity contribution >= 4 is 12.4 Å². The van der Waals surface area contributed by atoms with Crippen LogP contribution in [0.5, 0.6) is 0 Å². The van der Waals surface area contributed by atoms with Gasteiger partial charge in [0.05, 0.1) is 0 Å². The highest BCUT2D eigenvalue weighted by Crippen LogP contribution is 2.33. The Labute approximate surface area is 99.5 Å². The Kier molecular flexibility index (Phi) is 4.82. The van der Waals surface area contributed by atoms with Gasteiger partial charge >= 0.3 is 0 Å². The van der Waals surface area contributed by atoms with E-state index in [9.17, 15) is 0 Å². The highest BCUT2D eigenvalue weighted by molar-refractivity contribution is 5.85. The molecule has 1 aromatic rings. The number of aryl methyl sites for hydroxylation is 2. The summed E-state index contributed by atoms with van der Waals surface area (Å²) in [5.74, 6) is 0. The molecule has 1 rings (SSSR count). The molecule has 86 valence electrons. The Morgan fingerprint density at radius 3 is 1.80 bits per heavy atom. The van der Waals surface area contributed by atoms with Crippen LogP contribution in [0.2, 0.25) is 0 Å². The largest absolute Gasteiger partial charge is 0.323 e. The van der Waals surface area contributed by atoms with Crippen LogP contribution in [-0.4, -0.2) is 0 Å². The summed E-state index contributed by atoms with van der Waals surface area (Å²) in [5.41, 5.74) is 10.3. The topological polar surface area (TPSA) is 26.0 Å². The van der Waals surface area contributed by atoms with Gasteiger partial charge in [-0.1, -0.05) is 39.0 Å². The first kappa shape index (κ1) is 14.5. The lowest BCUT2D eigenvalue weighted by Gasteiger charge is -2.30. The normalized spacial score (nSPS) is 13.2. The first-order valence-corrected chi connectivity index (χ1v) is 5.15. The minimum atomic E-state index is 0. The van der Waals surface area contributed by atoms with E-state index in [1.165, 1.54) is 16.7 Å². The minimum Gasteiger partial charge on any atom is -0.323 e. The Bertz CT molecular complexity index is 306. The van der Waals surface area contributed by atoms with Gasteiger partial charge in [-0.25, -0.2) is 0 Å². The van der Waals surface area contributed by atoms with E-state index < -0.39 is 0 Å². The van der Waals surface area contributed by atoms with Crippen molar-refractivity contribution in [2.45, 2.75) is 40.7 Å². The average molecular weight is 228 g/mol. The summed E-state index contributed by atoms with van der Waals surface area (Å²) in [6.45, 7) is 10.8. The summed E-state index contributed by atoms with van der Waals surface area (Å²) in [5, 5.41) is 0. The molecule has 0 aliphatic rings. The third kappa shape index (κ3) is 3.22. The molecule has 0 saturated heterocycles. The van der Waals surface area contributed by atoms with E-state index in [1.807, 2.05) is 0 Å². The monoisotopic (exact) mass is 227 g/mol. The maximum Gasteiger partial charge on any atom is 0.0349 e. The van der Waals surface area contributed by atoms with Crippen LogP contribution in [0, 0.1) is 19.3 Å². The predicted molar refractivity (Wildman–Crippen MR) is 69.5 cm³/mol. The fourth-order valence-corrected chi connectivity index (χ4v) is 1.75. The van der Waals surface area contributed by atoms with E-state index in [0.29, 0.717) is 0 Å². The van der Waals surface area contributed by atoms with E-state index in [0.717, 1.165) is 0 Å². The minimum absolute atomic E-state index is 0. The lowest BCUT2D eigenvalue weighted by atomic mass is 9.80. The quantitative estimate of drug-likeness (QED) is 0.777. The first-order valence-electron chi connectivity index (χ1n) is 5.15. The summed E-state index contributed by atoms with van der Waals surface area (Å²) in [6, 6.07) is 6.47. The van der Waals surface area contributed by atoms with Crippen LogP contribution in [-0.2, 0) is 0 Å². The van der Waals surface area contributed by atoms with Crippen molar-refractivity contribution in [2.75, 3.05) is 0 Å². The SMILES string of the molecule is Cc1cccc(C)c1[C@@H](N)C(C)(C)C.Cl. The van der Waals surface area contributed by atoms with Crippen molar-refractivity contribution in [2.24, 2.45) is 11.1 Å². The lowest BCUT2D eigenvalue weighted by Crippen LogP contribution is -2.27. The molecule has 0 radical (unpaired) electrons. The summed E-state index contributed by atoms with van der Waals surface area (Å²) in [4.78, 5) is 0. The first-order chi connectivity index (χ1) is 6.34. The molecule has 0 aromatic heterocycles. The molecule has 0 fully saturated rings. The van der Waals surface area contributed by atoms with Gasteiger partial charge in [-0.3, -0.25) is 0 Å². The molecule has 1 nitrogen and oxygen atoms in total. The van der Waals surface area contributed by atoms with Crippen LogP contribution < -0.4 is 5.73 Å². The van der Waals surface area contributed by atoms with Crippen molar-refractivity contribution in [3.8, 4) is 0 Å². The fourth-order valence-electron chi connectivity index (χ4n) is 1.75. The Hall–Kier alpha value is -0.530. The van der Waals surface area contributed by atoms with Crippen LogP contribution in [0.4, 0.5) is 0 Å². The van der Waals surface area contributed by atoms with Crippen LogP contribution >= 0.6 is 12.4 Å². The van der Waals surface area contributed by atoms with Gasteiger partial charge < -0.3 is 5.73 Å². The summed E-state index contributed by atoms with van der Waals surface area (Å²) >= 11 is 0. The van der Waals surface area contributed by atoms with Crippen LogP contribution in [0.1, 0.15) is 43.5 Å². The van der Waals surface area contributed by atoms with Gasteiger partial charge in [-0.15, -0.1) is 12.4 Å². The van der Waals surface area contributed by atoms with Gasteiger partial charge in [-0.2, -0.15) is 0 Å². The van der Waals surface area contributed by atoms with Crippen molar-refractivity contribution in [3.63, 3.8) is 0 Å². The fraction of sp³-hybridized carbons (Fsp3) is 0.538. The molecule has 0 saturated carbocycles. The van der Waals surface area contributed by atoms with Crippen LogP contribution in [0.3, 0.4) is 0 Å². The number of hydrogen-bond donors (Lipinski definition) is 1. The molecule has 0 unspecified atom stereocenters. The van der Waals surface area contributed by atoms with Gasteiger partial charge in [0.25, 0.3) is 0 Å². The number of nitrogens with two attached hydrogens (primary N) is 1. The molecule has 2 N–H and O–H groups in total. The van der Waals surface area contributed by atoms with E-state index in [-0.39, 0.29) is 23.9 Å². The molecule has 0 aliphatic carbocycles. The highest BCUT2D eigenvalue weighted by Gasteiger charge is 2.24. The maximum atomic E-state index is 6.27. The van der Waals surface area contributed by atoms with Gasteiger partial charge in [0, 0.05) is 6.04 Å². The lowest BCUT2D eigenvalue weighted by molar-refractivity contribution is 0.325. The van der Waals surface area contributed by atoms with Gasteiger partial charge in [0.2, 0.25) is 0 Å². The number of hydrogen-bond acceptors (Lipinski definition) is 1. The standard InChI is InChI=1S/C13H21N.ClH/c1-9-7-6-8-10(2)11(9)12(14)13(3,4)5;/h6-8,12H,14H2,1-5H3;1H/t12-;/m1./s1. The molecule has 0 amide bonds. The molecule has 1 atom stereocenters. The highest BCUT2D eigenvalue weighted by atomic mass is 35.5. The summed E-state index contributed by atoms with van der Waals surface area (Å²) < 4.78 is 0. The van der Waals surface area contributed by atoms with E-state index in [2.05, 4.69) is 52.8 Å². The number of rotatable bonds is 1. The zero-order valence-electron chi connectivity index (χ0n) is 10.3. The number of benzene rings is 1. The summed E-state index contributed by atoms with van der Waals surface area (Å²) in [7, 11) is 0. The zero-order chi connectivity index (χ0) is 10.9. The van der Waals surface area contributed by atoms with Crippen LogP contribution in [0.25, 0.3) is 0 Å². The molecule has 0 heterocycles. The predicted octanol–water partition coefficient (Wildman–Crippen LogP) is 3.77. The molecule has 0 aliphatic heterocycles. The average Bonchev–Trinajstić information content (AvgIpc) is 2.01. The van der Waals surface area contributed by atoms with Crippen molar-refractivity contribution in [1.29, 1.82) is 0 Å². The number of halogens is 1. The van der Waals surface area contributed by atoms with Crippen molar-refractivity contribution in [1.82, 2.24) is 0 Å². The smallest absolute Gasteiger partial charge is 0.0349 e. The second kappa shape index (κ2) is 5.00. The Morgan fingerprint density at radius 2 is 1.47 bits per heavy atom. The van der Waals surface area contributed by atoms with Crippen molar-refractivity contribution in [3.05, 3.63) is 34.9 Å². The molecular weight excluding hydrogens is 206 g/mol. The second-order valence-electron chi connectivity index (χ2n) is 5.15. The third-order valence-corrected chi connectivity index (χ3v) is 2.79. The molecular formula is C13H22ClN. The molecule has 2 heteroatoms. The molecule has 15 heavy (non-hydrogen) atoms. The van der Waals surface area contributed by atoms with Gasteiger partial charge in [0.1, 0.15) is 0 Å². The van der Waals surface area contributed by atoms with E-state index in [1.54, 1.807) is 0 Å². The van der Waals surface area contributed by atoms with Gasteiger partial charge in [-0.05, 0) is 36.0 Å². The Balaban J connectivity index is 0.00000196. The van der Waals surface area contributed by atoms with Crippen molar-refractivity contribution < 1.29 is 0 Å². The Morgan fingerprint density at radius 1 is 1.07 bits per heavy atom. The van der Waals surface area contributed by atoms with Gasteiger partial charge in [0.15, 0.2) is 0 Å². The second-order valence-corrected chi connectivity index (χ2v) is 5.15. The van der Waals surface area contributed by atoms with E-state index in [4.69, 9.17) is 5.73 Å². The van der Waals surface area contributed by atoms with Crippen LogP contribution in [0.15, 0.2) is 18.2 Å². The zero-order valence-corrected chi connectivity index (χ0v) is 11.1. The maximum absolute atomic E-state index is 6.27. The molecule has 0 bridgehead atoms.